The first kappa shape index (κ1) is 20.5. The Morgan fingerprint density at radius 1 is 0.966 bits per heavy atom. The summed E-state index contributed by atoms with van der Waals surface area (Å²) < 4.78 is 27.8. The molecule has 2 aromatic rings. The zero-order valence-corrected chi connectivity index (χ0v) is 18.0. The molecule has 2 aliphatic rings. The number of sulfonamides is 1. The summed E-state index contributed by atoms with van der Waals surface area (Å²) >= 11 is 12.4. The van der Waals surface area contributed by atoms with Crippen molar-refractivity contribution in [1.82, 2.24) is 9.62 Å². The number of hydrogen-bond acceptors (Lipinski definition) is 4. The molecule has 29 heavy (non-hydrogen) atoms. The molecule has 6 nitrogen and oxygen atoms in total. The number of carbonyl (C=O) groups is 1. The van der Waals surface area contributed by atoms with Gasteiger partial charge in [0, 0.05) is 37.9 Å². The molecule has 0 bridgehead atoms. The average Bonchev–Trinajstić information content (AvgIpc) is 3.51. The molecule has 2 fully saturated rings. The van der Waals surface area contributed by atoms with Crippen molar-refractivity contribution < 1.29 is 13.2 Å². The summed E-state index contributed by atoms with van der Waals surface area (Å²) in [6.45, 7) is 2.43. The molecule has 1 aliphatic carbocycles. The first-order valence-corrected chi connectivity index (χ1v) is 11.7. The lowest BCUT2D eigenvalue weighted by Crippen LogP contribution is -2.48. The summed E-state index contributed by atoms with van der Waals surface area (Å²) in [5.74, 6) is -0.290. The molecule has 154 valence electrons. The van der Waals surface area contributed by atoms with Crippen LogP contribution in [-0.2, 0) is 10.0 Å². The van der Waals surface area contributed by atoms with E-state index in [4.69, 9.17) is 23.2 Å². The third kappa shape index (κ3) is 4.53. The average molecular weight is 454 g/mol. The monoisotopic (exact) mass is 453 g/mol. The molecule has 1 saturated carbocycles. The number of anilines is 1. The lowest BCUT2D eigenvalue weighted by molar-refractivity contribution is 0.0746. The van der Waals surface area contributed by atoms with Crippen LogP contribution in [0.15, 0.2) is 47.4 Å². The zero-order chi connectivity index (χ0) is 20.6. The van der Waals surface area contributed by atoms with Gasteiger partial charge in [-0.2, -0.15) is 0 Å². The zero-order valence-electron chi connectivity index (χ0n) is 15.6. The number of halogens is 2. The number of hydrogen-bond donors (Lipinski definition) is 1. The molecular formula is C20H21Cl2N3O3S. The molecule has 4 rings (SSSR count). The predicted molar refractivity (Wildman–Crippen MR) is 114 cm³/mol. The molecule has 0 spiro atoms. The highest BCUT2D eigenvalue weighted by molar-refractivity contribution is 7.89. The molecular weight excluding hydrogens is 433 g/mol. The number of amides is 1. The highest BCUT2D eigenvalue weighted by atomic mass is 35.5. The van der Waals surface area contributed by atoms with Crippen molar-refractivity contribution >= 4 is 44.8 Å². The van der Waals surface area contributed by atoms with Crippen LogP contribution in [0.25, 0.3) is 0 Å². The Bertz CT molecular complexity index is 1020. The molecule has 1 saturated heterocycles. The van der Waals surface area contributed by atoms with Gasteiger partial charge in [-0.1, -0.05) is 41.4 Å². The van der Waals surface area contributed by atoms with Crippen LogP contribution in [0.4, 0.5) is 5.69 Å². The topological polar surface area (TPSA) is 69.7 Å². The molecule has 1 amide bonds. The SMILES string of the molecule is O=C(c1cc(S(=O)(=O)NC2CC2)c(Cl)cc1Cl)N1CCN(c2ccccc2)CC1. The third-order valence-electron chi connectivity index (χ3n) is 5.13. The van der Waals surface area contributed by atoms with Crippen LogP contribution in [0.5, 0.6) is 0 Å². The van der Waals surface area contributed by atoms with Crippen LogP contribution in [0.3, 0.4) is 0 Å². The molecule has 0 aromatic heterocycles. The van der Waals surface area contributed by atoms with Crippen LogP contribution in [0.2, 0.25) is 10.0 Å². The Morgan fingerprint density at radius 2 is 1.62 bits per heavy atom. The van der Waals surface area contributed by atoms with Crippen molar-refractivity contribution in [2.24, 2.45) is 0 Å². The van der Waals surface area contributed by atoms with Crippen LogP contribution >= 0.6 is 23.2 Å². The van der Waals surface area contributed by atoms with Crippen LogP contribution in [-0.4, -0.2) is 51.4 Å². The third-order valence-corrected chi connectivity index (χ3v) is 7.43. The van der Waals surface area contributed by atoms with Gasteiger partial charge in [0.15, 0.2) is 0 Å². The van der Waals surface area contributed by atoms with Crippen molar-refractivity contribution in [2.75, 3.05) is 31.1 Å². The largest absolute Gasteiger partial charge is 0.368 e. The van der Waals surface area contributed by atoms with Gasteiger partial charge in [0.2, 0.25) is 10.0 Å². The normalized spacial score (nSPS) is 17.4. The molecule has 0 radical (unpaired) electrons. The van der Waals surface area contributed by atoms with Crippen molar-refractivity contribution in [1.29, 1.82) is 0 Å². The maximum absolute atomic E-state index is 13.1. The van der Waals surface area contributed by atoms with Gasteiger partial charge in [0.25, 0.3) is 5.91 Å². The first-order valence-electron chi connectivity index (χ1n) is 9.46. The standard InChI is InChI=1S/C20H21Cl2N3O3S/c21-17-13-18(22)19(29(27,28)23-14-6-7-14)12-16(17)20(26)25-10-8-24(9-11-25)15-4-2-1-3-5-15/h1-5,12-14,23H,6-11H2. The number of benzene rings is 2. The Morgan fingerprint density at radius 3 is 2.24 bits per heavy atom. The Hall–Kier alpha value is -1.80. The number of nitrogens with one attached hydrogen (secondary N) is 1. The smallest absolute Gasteiger partial charge is 0.255 e. The fourth-order valence-electron chi connectivity index (χ4n) is 3.36. The minimum absolute atomic E-state index is 0.00796. The summed E-state index contributed by atoms with van der Waals surface area (Å²) in [6, 6.07) is 12.6. The van der Waals surface area contributed by atoms with E-state index in [0.717, 1.165) is 18.5 Å². The van der Waals surface area contributed by atoms with Gasteiger partial charge >= 0.3 is 0 Å². The fourth-order valence-corrected chi connectivity index (χ4v) is 5.52. The van der Waals surface area contributed by atoms with E-state index in [1.165, 1.54) is 12.1 Å². The number of carbonyl (C=O) groups excluding carboxylic acids is 1. The number of para-hydroxylation sites is 1. The summed E-state index contributed by atoms with van der Waals surface area (Å²) in [5.41, 5.74) is 1.27. The maximum Gasteiger partial charge on any atom is 0.255 e. The molecule has 1 heterocycles. The lowest BCUT2D eigenvalue weighted by atomic mass is 10.1. The summed E-state index contributed by atoms with van der Waals surface area (Å²) in [4.78, 5) is 16.8. The molecule has 9 heteroatoms. The molecule has 0 atom stereocenters. The van der Waals surface area contributed by atoms with E-state index in [1.807, 2.05) is 30.3 Å². The Labute approximate surface area is 180 Å². The van der Waals surface area contributed by atoms with Crippen LogP contribution in [0.1, 0.15) is 23.2 Å². The van der Waals surface area contributed by atoms with E-state index < -0.39 is 10.0 Å². The molecule has 1 aliphatic heterocycles. The van der Waals surface area contributed by atoms with Gasteiger partial charge in [-0.3, -0.25) is 4.79 Å². The summed E-state index contributed by atoms with van der Waals surface area (Å²) in [7, 11) is -3.80. The van der Waals surface area contributed by atoms with Gasteiger partial charge < -0.3 is 9.80 Å². The fraction of sp³-hybridized carbons (Fsp3) is 0.350. The van der Waals surface area contributed by atoms with Crippen molar-refractivity contribution in [3.63, 3.8) is 0 Å². The minimum atomic E-state index is -3.80. The van der Waals surface area contributed by atoms with Crippen molar-refractivity contribution in [3.8, 4) is 0 Å². The molecule has 2 aromatic carbocycles. The highest BCUT2D eigenvalue weighted by Crippen LogP contribution is 2.31. The van der Waals surface area contributed by atoms with E-state index in [9.17, 15) is 13.2 Å². The maximum atomic E-state index is 13.1. The van der Waals surface area contributed by atoms with Gasteiger partial charge in [0.1, 0.15) is 4.90 Å². The van der Waals surface area contributed by atoms with Crippen molar-refractivity contribution in [3.05, 3.63) is 58.1 Å². The number of rotatable bonds is 5. The van der Waals surface area contributed by atoms with E-state index in [-0.39, 0.29) is 32.5 Å². The Balaban J connectivity index is 1.52. The van der Waals surface area contributed by atoms with E-state index >= 15 is 0 Å². The van der Waals surface area contributed by atoms with E-state index in [0.29, 0.717) is 26.2 Å². The first-order chi connectivity index (χ1) is 13.8. The quantitative estimate of drug-likeness (QED) is 0.752. The van der Waals surface area contributed by atoms with Crippen LogP contribution < -0.4 is 9.62 Å². The Kier molecular flexibility index (Phi) is 5.75. The second-order valence-electron chi connectivity index (χ2n) is 7.27. The van der Waals surface area contributed by atoms with E-state index in [2.05, 4.69) is 9.62 Å². The number of piperazine rings is 1. The van der Waals surface area contributed by atoms with Gasteiger partial charge in [-0.25, -0.2) is 13.1 Å². The van der Waals surface area contributed by atoms with E-state index in [1.54, 1.807) is 4.90 Å². The molecule has 0 unspecified atom stereocenters. The number of nitrogens with zero attached hydrogens (tertiary/aromatic N) is 2. The lowest BCUT2D eigenvalue weighted by Gasteiger charge is -2.36. The summed E-state index contributed by atoms with van der Waals surface area (Å²) in [5, 5.41) is 0.157. The second-order valence-corrected chi connectivity index (χ2v) is 9.77. The minimum Gasteiger partial charge on any atom is -0.368 e. The van der Waals surface area contributed by atoms with Crippen LogP contribution in [0, 0.1) is 0 Å². The van der Waals surface area contributed by atoms with Gasteiger partial charge in [-0.15, -0.1) is 0 Å². The van der Waals surface area contributed by atoms with Gasteiger partial charge in [-0.05, 0) is 37.1 Å². The van der Waals surface area contributed by atoms with Crippen molar-refractivity contribution in [2.45, 2.75) is 23.8 Å². The predicted octanol–water partition coefficient (Wildman–Crippen LogP) is 3.40. The summed E-state index contributed by atoms with van der Waals surface area (Å²) in [6.07, 6.45) is 1.61. The van der Waals surface area contributed by atoms with Gasteiger partial charge in [0.05, 0.1) is 15.6 Å². The molecule has 1 N–H and O–H groups in total. The highest BCUT2D eigenvalue weighted by Gasteiger charge is 2.31. The second kappa shape index (κ2) is 8.14.